The second kappa shape index (κ2) is 9.29. The van der Waals surface area contributed by atoms with Crippen molar-refractivity contribution in [1.29, 1.82) is 0 Å². The summed E-state index contributed by atoms with van der Waals surface area (Å²) in [6, 6.07) is 12.6. The van der Waals surface area contributed by atoms with E-state index >= 15 is 0 Å². The molecule has 0 saturated heterocycles. The lowest BCUT2D eigenvalue weighted by Crippen LogP contribution is -2.23. The third kappa shape index (κ3) is 4.60. The highest BCUT2D eigenvalue weighted by Crippen LogP contribution is 2.40. The Morgan fingerprint density at radius 2 is 1.94 bits per heavy atom. The molecular weight excluding hydrogens is 465 g/mol. The largest absolute Gasteiger partial charge is 0.497 e. The van der Waals surface area contributed by atoms with E-state index in [-0.39, 0.29) is 12.5 Å². The van der Waals surface area contributed by atoms with Crippen molar-refractivity contribution in [3.05, 3.63) is 80.6 Å². The number of hydrogen-bond donors (Lipinski definition) is 2. The number of fused-ring (bicyclic) bond motifs is 1. The molecular formula is C24H21Cl2N3O4. The zero-order valence-corrected chi connectivity index (χ0v) is 19.5. The van der Waals surface area contributed by atoms with Crippen molar-refractivity contribution >= 4 is 35.2 Å². The van der Waals surface area contributed by atoms with Crippen LogP contribution in [0.3, 0.4) is 0 Å². The van der Waals surface area contributed by atoms with Crippen LogP contribution in [-0.2, 0) is 19.6 Å². The smallest absolute Gasteiger partial charge is 0.404 e. The van der Waals surface area contributed by atoms with Gasteiger partial charge >= 0.3 is 6.09 Å². The summed E-state index contributed by atoms with van der Waals surface area (Å²) < 4.78 is 5.20. The number of hydrogen-bond acceptors (Lipinski definition) is 4. The molecule has 2 aromatic carbocycles. The molecule has 0 radical (unpaired) electrons. The van der Waals surface area contributed by atoms with Crippen LogP contribution >= 0.6 is 23.2 Å². The lowest BCUT2D eigenvalue weighted by molar-refractivity contribution is 0.0762. The van der Waals surface area contributed by atoms with Crippen LogP contribution in [0.2, 0.25) is 10.0 Å². The lowest BCUT2D eigenvalue weighted by Gasteiger charge is -2.18. The standard InChI is InChI=1S/C24H21Cl2N3O4/c1-13-18(10-27-24(31)32)21(17-8-5-15(25)9-20(17)26)19-12-29(23(30)22(19)28-13)11-14-3-6-16(33-2)7-4-14/h3-9,27H,10-12H2,1-2H3,(H,31,32). The van der Waals surface area contributed by atoms with Crippen molar-refractivity contribution < 1.29 is 19.4 Å². The number of carbonyl (C=O) groups is 2. The molecule has 0 aliphatic carbocycles. The topological polar surface area (TPSA) is 91.8 Å². The molecule has 4 rings (SSSR count). The summed E-state index contributed by atoms with van der Waals surface area (Å²) >= 11 is 12.6. The number of amides is 2. The van der Waals surface area contributed by atoms with Gasteiger partial charge in [-0.15, -0.1) is 0 Å². The van der Waals surface area contributed by atoms with Gasteiger partial charge in [-0.3, -0.25) is 4.79 Å². The number of carbonyl (C=O) groups excluding carboxylic acids is 1. The van der Waals surface area contributed by atoms with Crippen LogP contribution in [0.4, 0.5) is 4.79 Å². The number of ether oxygens (including phenoxy) is 1. The second-order valence-electron chi connectivity index (χ2n) is 7.67. The molecule has 3 aromatic rings. The molecule has 1 aromatic heterocycles. The van der Waals surface area contributed by atoms with Gasteiger partial charge in [0.05, 0.1) is 7.11 Å². The van der Waals surface area contributed by atoms with E-state index in [0.29, 0.717) is 56.8 Å². The summed E-state index contributed by atoms with van der Waals surface area (Å²) in [5.74, 6) is 0.551. The van der Waals surface area contributed by atoms with Crippen molar-refractivity contribution in [2.45, 2.75) is 26.6 Å². The number of rotatable bonds is 6. The summed E-state index contributed by atoms with van der Waals surface area (Å²) in [4.78, 5) is 30.7. The Hall–Kier alpha value is -3.29. The second-order valence-corrected chi connectivity index (χ2v) is 8.51. The molecule has 7 nitrogen and oxygen atoms in total. The molecule has 9 heteroatoms. The number of nitrogens with one attached hydrogen (secondary N) is 1. The number of carboxylic acid groups (broad SMARTS) is 1. The Morgan fingerprint density at radius 3 is 2.58 bits per heavy atom. The van der Waals surface area contributed by atoms with Crippen LogP contribution in [0.25, 0.3) is 11.1 Å². The first kappa shape index (κ1) is 22.9. The fraction of sp³-hybridized carbons (Fsp3) is 0.208. The highest BCUT2D eigenvalue weighted by atomic mass is 35.5. The van der Waals surface area contributed by atoms with E-state index in [0.717, 1.165) is 11.3 Å². The van der Waals surface area contributed by atoms with Crippen molar-refractivity contribution in [1.82, 2.24) is 15.2 Å². The predicted molar refractivity (Wildman–Crippen MR) is 126 cm³/mol. The van der Waals surface area contributed by atoms with Gasteiger partial charge < -0.3 is 20.1 Å². The van der Waals surface area contributed by atoms with E-state index in [2.05, 4.69) is 10.3 Å². The molecule has 0 unspecified atom stereocenters. The number of nitrogens with zero attached hydrogens (tertiary/aromatic N) is 2. The van der Waals surface area contributed by atoms with Gasteiger partial charge in [0.25, 0.3) is 5.91 Å². The van der Waals surface area contributed by atoms with E-state index in [1.54, 1.807) is 37.1 Å². The minimum atomic E-state index is -1.15. The van der Waals surface area contributed by atoms with Crippen molar-refractivity contribution in [3.8, 4) is 16.9 Å². The highest BCUT2D eigenvalue weighted by Gasteiger charge is 2.34. The molecule has 170 valence electrons. The van der Waals surface area contributed by atoms with Crippen LogP contribution in [0.5, 0.6) is 5.75 Å². The molecule has 0 bridgehead atoms. The maximum absolute atomic E-state index is 13.3. The summed E-state index contributed by atoms with van der Waals surface area (Å²) in [5, 5.41) is 12.4. The quantitative estimate of drug-likeness (QED) is 0.494. The Kier molecular flexibility index (Phi) is 6.44. The first-order chi connectivity index (χ1) is 15.8. The van der Waals surface area contributed by atoms with Crippen LogP contribution in [0.1, 0.15) is 32.9 Å². The third-order valence-corrected chi connectivity index (χ3v) is 6.14. The van der Waals surface area contributed by atoms with E-state index in [4.69, 9.17) is 33.0 Å². The van der Waals surface area contributed by atoms with E-state index in [1.807, 2.05) is 24.3 Å². The number of benzene rings is 2. The van der Waals surface area contributed by atoms with Crippen molar-refractivity contribution in [3.63, 3.8) is 0 Å². The molecule has 0 saturated carbocycles. The van der Waals surface area contributed by atoms with E-state index in [9.17, 15) is 9.59 Å². The average molecular weight is 486 g/mol. The monoisotopic (exact) mass is 485 g/mol. The van der Waals surface area contributed by atoms with Gasteiger partial charge in [0, 0.05) is 52.1 Å². The van der Waals surface area contributed by atoms with Crippen LogP contribution in [-0.4, -0.2) is 34.1 Å². The summed E-state index contributed by atoms with van der Waals surface area (Å²) in [6.45, 7) is 2.50. The molecule has 0 fully saturated rings. The van der Waals surface area contributed by atoms with Gasteiger partial charge in [-0.1, -0.05) is 41.4 Å². The Morgan fingerprint density at radius 1 is 1.21 bits per heavy atom. The number of methoxy groups -OCH3 is 1. The Labute approximate surface area is 200 Å². The molecule has 0 atom stereocenters. The highest BCUT2D eigenvalue weighted by molar-refractivity contribution is 6.36. The number of aromatic nitrogens is 1. The van der Waals surface area contributed by atoms with Gasteiger partial charge in [-0.2, -0.15) is 0 Å². The van der Waals surface area contributed by atoms with Gasteiger partial charge in [-0.25, -0.2) is 9.78 Å². The van der Waals surface area contributed by atoms with Gasteiger partial charge in [0.1, 0.15) is 11.4 Å². The summed E-state index contributed by atoms with van der Waals surface area (Å²) in [5.41, 5.74) is 4.62. The fourth-order valence-corrected chi connectivity index (χ4v) is 4.51. The minimum absolute atomic E-state index is 0.0302. The number of halogens is 2. The first-order valence-corrected chi connectivity index (χ1v) is 10.9. The summed E-state index contributed by atoms with van der Waals surface area (Å²) in [6.07, 6.45) is -1.15. The Balaban J connectivity index is 1.79. The van der Waals surface area contributed by atoms with Crippen LogP contribution < -0.4 is 10.1 Å². The van der Waals surface area contributed by atoms with Crippen molar-refractivity contribution in [2.24, 2.45) is 0 Å². The number of pyridine rings is 1. The minimum Gasteiger partial charge on any atom is -0.497 e. The molecule has 2 heterocycles. The molecule has 1 aliphatic heterocycles. The first-order valence-electron chi connectivity index (χ1n) is 10.1. The molecule has 1 aliphatic rings. The lowest BCUT2D eigenvalue weighted by atomic mass is 9.93. The predicted octanol–water partition coefficient (Wildman–Crippen LogP) is 5.30. The van der Waals surface area contributed by atoms with Crippen LogP contribution in [0, 0.1) is 6.92 Å². The molecule has 2 N–H and O–H groups in total. The zero-order valence-electron chi connectivity index (χ0n) is 18.0. The fourth-order valence-electron chi connectivity index (χ4n) is 4.00. The van der Waals surface area contributed by atoms with Gasteiger partial charge in [0.15, 0.2) is 0 Å². The normalized spacial score (nSPS) is 12.6. The maximum Gasteiger partial charge on any atom is 0.404 e. The van der Waals surface area contributed by atoms with E-state index < -0.39 is 6.09 Å². The SMILES string of the molecule is COc1ccc(CN2Cc3c(nc(C)c(CNC(=O)O)c3-c3ccc(Cl)cc3Cl)C2=O)cc1. The average Bonchev–Trinajstić information content (AvgIpc) is 3.08. The molecule has 0 spiro atoms. The zero-order chi connectivity index (χ0) is 23.7. The molecule has 33 heavy (non-hydrogen) atoms. The van der Waals surface area contributed by atoms with Crippen LogP contribution in [0.15, 0.2) is 42.5 Å². The van der Waals surface area contributed by atoms with Gasteiger partial charge in [0.2, 0.25) is 0 Å². The summed E-state index contributed by atoms with van der Waals surface area (Å²) in [7, 11) is 1.60. The maximum atomic E-state index is 13.3. The van der Waals surface area contributed by atoms with Gasteiger partial charge in [-0.05, 0) is 42.3 Å². The molecule has 2 amide bonds. The van der Waals surface area contributed by atoms with Crippen molar-refractivity contribution in [2.75, 3.05) is 7.11 Å². The third-order valence-electron chi connectivity index (χ3n) is 5.59. The Bertz CT molecular complexity index is 1250. The van der Waals surface area contributed by atoms with E-state index in [1.165, 1.54) is 0 Å². The number of aryl methyl sites for hydroxylation is 1.